The molecule has 2 amide bonds. The van der Waals surface area contributed by atoms with Gasteiger partial charge in [-0.25, -0.2) is 12.7 Å². The van der Waals surface area contributed by atoms with Crippen LogP contribution in [0.5, 0.6) is 5.75 Å². The Morgan fingerprint density at radius 1 is 1.14 bits per heavy atom. The molecule has 3 rings (SSSR count). The zero-order valence-corrected chi connectivity index (χ0v) is 16.5. The van der Waals surface area contributed by atoms with Gasteiger partial charge in [0.25, 0.3) is 15.9 Å². The van der Waals surface area contributed by atoms with Crippen LogP contribution in [0.1, 0.15) is 41.7 Å². The highest BCUT2D eigenvalue weighted by Gasteiger charge is 2.40. The number of carbonyl (C=O) groups excluding carboxylic acids is 2. The van der Waals surface area contributed by atoms with Crippen LogP contribution >= 0.6 is 0 Å². The van der Waals surface area contributed by atoms with Gasteiger partial charge in [-0.15, -0.1) is 0 Å². The molecular formula is C20H22N2O5S. The second kappa shape index (κ2) is 8.02. The van der Waals surface area contributed by atoms with E-state index in [1.54, 1.807) is 19.2 Å². The number of nitrogens with one attached hydrogen (secondary N) is 1. The van der Waals surface area contributed by atoms with Gasteiger partial charge in [0.1, 0.15) is 10.6 Å². The molecular weight excluding hydrogens is 380 g/mol. The number of carbonyl (C=O) groups is 2. The van der Waals surface area contributed by atoms with Crippen molar-refractivity contribution in [1.29, 1.82) is 0 Å². The van der Waals surface area contributed by atoms with Crippen LogP contribution in [0.15, 0.2) is 53.4 Å². The third-order valence-corrected chi connectivity index (χ3v) is 6.56. The number of fused-ring (bicyclic) bond motifs is 1. The van der Waals surface area contributed by atoms with E-state index < -0.39 is 15.9 Å². The molecule has 2 aromatic rings. The number of hydrogen-bond donors (Lipinski definition) is 1. The van der Waals surface area contributed by atoms with Crippen molar-refractivity contribution in [1.82, 2.24) is 9.62 Å². The van der Waals surface area contributed by atoms with Gasteiger partial charge in [0.05, 0.1) is 18.7 Å². The molecule has 0 saturated heterocycles. The van der Waals surface area contributed by atoms with Crippen LogP contribution in [0.25, 0.3) is 0 Å². The molecule has 0 unspecified atom stereocenters. The highest BCUT2D eigenvalue weighted by Crippen LogP contribution is 2.30. The molecule has 1 atom stereocenters. The summed E-state index contributed by atoms with van der Waals surface area (Å²) in [6, 6.07) is 13.2. The summed E-state index contributed by atoms with van der Waals surface area (Å²) < 4.78 is 31.0. The number of sulfonamides is 1. The molecule has 1 N–H and O–H groups in total. The Labute approximate surface area is 164 Å². The Morgan fingerprint density at radius 2 is 1.82 bits per heavy atom. The van der Waals surface area contributed by atoms with Crippen molar-refractivity contribution in [2.24, 2.45) is 0 Å². The first-order chi connectivity index (χ1) is 13.4. The molecule has 148 valence electrons. The van der Waals surface area contributed by atoms with Crippen LogP contribution in [0, 0.1) is 0 Å². The minimum Gasteiger partial charge on any atom is -0.497 e. The highest BCUT2D eigenvalue weighted by atomic mass is 32.2. The lowest BCUT2D eigenvalue weighted by atomic mass is 10.0. The molecule has 0 radical (unpaired) electrons. The largest absolute Gasteiger partial charge is 0.497 e. The van der Waals surface area contributed by atoms with Gasteiger partial charge < -0.3 is 10.1 Å². The fraction of sp³-hybridized carbons (Fsp3) is 0.300. The van der Waals surface area contributed by atoms with Gasteiger partial charge in [-0.05, 0) is 36.2 Å². The molecule has 1 aliphatic heterocycles. The van der Waals surface area contributed by atoms with Gasteiger partial charge in [0.15, 0.2) is 0 Å². The molecule has 28 heavy (non-hydrogen) atoms. The zero-order chi connectivity index (χ0) is 20.3. The molecule has 2 aromatic carbocycles. The van der Waals surface area contributed by atoms with E-state index in [4.69, 9.17) is 4.74 Å². The maximum Gasteiger partial charge on any atom is 0.269 e. The van der Waals surface area contributed by atoms with E-state index in [0.717, 1.165) is 15.6 Å². The topological polar surface area (TPSA) is 92.8 Å². The SMILES string of the molecule is CC[C@H](NC(=O)CCN1C(=O)c2ccccc2S1(=O)=O)c1ccc(OC)cc1. The van der Waals surface area contributed by atoms with Crippen molar-refractivity contribution in [3.63, 3.8) is 0 Å². The van der Waals surface area contributed by atoms with Gasteiger partial charge in [0.2, 0.25) is 5.91 Å². The summed E-state index contributed by atoms with van der Waals surface area (Å²) in [6.07, 6.45) is 0.566. The Hall–Kier alpha value is -2.87. The Morgan fingerprint density at radius 3 is 2.43 bits per heavy atom. The van der Waals surface area contributed by atoms with Crippen LogP contribution in [0.2, 0.25) is 0 Å². The molecule has 1 heterocycles. The fourth-order valence-electron chi connectivity index (χ4n) is 3.18. The summed E-state index contributed by atoms with van der Waals surface area (Å²) in [4.78, 5) is 24.8. The third kappa shape index (κ3) is 3.73. The Balaban J connectivity index is 1.64. The monoisotopic (exact) mass is 402 g/mol. The standard InChI is InChI=1S/C20H22N2O5S/c1-3-17(14-8-10-15(27-2)11-9-14)21-19(23)12-13-22-20(24)16-6-4-5-7-18(16)28(22,25)26/h4-11,17H,3,12-13H2,1-2H3,(H,21,23)/t17-/m0/s1. The van der Waals surface area contributed by atoms with Crippen molar-refractivity contribution in [2.45, 2.75) is 30.7 Å². The first kappa shape index (κ1) is 19.9. The summed E-state index contributed by atoms with van der Waals surface area (Å²) in [7, 11) is -2.31. The molecule has 1 aliphatic rings. The lowest BCUT2D eigenvalue weighted by Crippen LogP contribution is -2.35. The second-order valence-corrected chi connectivity index (χ2v) is 8.26. The van der Waals surface area contributed by atoms with Crippen molar-refractivity contribution in [3.05, 3.63) is 59.7 Å². The first-order valence-corrected chi connectivity index (χ1v) is 10.4. The van der Waals surface area contributed by atoms with Crippen LogP contribution in [0.4, 0.5) is 0 Å². The average Bonchev–Trinajstić information content (AvgIpc) is 2.90. The van der Waals surface area contributed by atoms with E-state index in [9.17, 15) is 18.0 Å². The lowest BCUT2D eigenvalue weighted by molar-refractivity contribution is -0.121. The van der Waals surface area contributed by atoms with E-state index >= 15 is 0 Å². The smallest absolute Gasteiger partial charge is 0.269 e. The van der Waals surface area contributed by atoms with Crippen LogP contribution in [-0.4, -0.2) is 38.2 Å². The molecule has 0 bridgehead atoms. The van der Waals surface area contributed by atoms with Gasteiger partial charge in [-0.3, -0.25) is 9.59 Å². The van der Waals surface area contributed by atoms with Gasteiger partial charge in [-0.2, -0.15) is 0 Å². The van der Waals surface area contributed by atoms with Crippen LogP contribution < -0.4 is 10.1 Å². The maximum absolute atomic E-state index is 12.5. The summed E-state index contributed by atoms with van der Waals surface area (Å²) in [5.74, 6) is -0.186. The molecule has 0 saturated carbocycles. The zero-order valence-electron chi connectivity index (χ0n) is 15.7. The van der Waals surface area contributed by atoms with Crippen molar-refractivity contribution in [2.75, 3.05) is 13.7 Å². The summed E-state index contributed by atoms with van der Waals surface area (Å²) >= 11 is 0. The quantitative estimate of drug-likeness (QED) is 0.768. The van der Waals surface area contributed by atoms with E-state index in [-0.39, 0.29) is 35.4 Å². The number of methoxy groups -OCH3 is 1. The van der Waals surface area contributed by atoms with Crippen molar-refractivity contribution < 1.29 is 22.7 Å². The summed E-state index contributed by atoms with van der Waals surface area (Å²) in [5.41, 5.74) is 1.07. The summed E-state index contributed by atoms with van der Waals surface area (Å²) in [5, 5.41) is 2.90. The average molecular weight is 402 g/mol. The minimum atomic E-state index is -3.90. The number of nitrogens with zero attached hydrogens (tertiary/aromatic N) is 1. The number of rotatable bonds is 7. The van der Waals surface area contributed by atoms with E-state index in [0.29, 0.717) is 6.42 Å². The molecule has 7 nitrogen and oxygen atoms in total. The normalized spacial score (nSPS) is 15.8. The molecule has 0 aromatic heterocycles. The molecule has 0 fully saturated rings. The van der Waals surface area contributed by atoms with Gasteiger partial charge in [0, 0.05) is 13.0 Å². The maximum atomic E-state index is 12.5. The Kier molecular flexibility index (Phi) is 5.69. The van der Waals surface area contributed by atoms with E-state index in [1.807, 2.05) is 31.2 Å². The van der Waals surface area contributed by atoms with Gasteiger partial charge in [-0.1, -0.05) is 31.2 Å². The molecule has 0 aliphatic carbocycles. The van der Waals surface area contributed by atoms with Crippen LogP contribution in [0.3, 0.4) is 0 Å². The number of ether oxygens (including phenoxy) is 1. The molecule has 8 heteroatoms. The minimum absolute atomic E-state index is 0.00919. The predicted molar refractivity (Wildman–Crippen MR) is 103 cm³/mol. The van der Waals surface area contributed by atoms with Gasteiger partial charge >= 0.3 is 0 Å². The highest BCUT2D eigenvalue weighted by molar-refractivity contribution is 7.90. The summed E-state index contributed by atoms with van der Waals surface area (Å²) in [6.45, 7) is 1.75. The third-order valence-electron chi connectivity index (χ3n) is 4.72. The fourth-order valence-corrected chi connectivity index (χ4v) is 4.75. The van der Waals surface area contributed by atoms with Crippen molar-refractivity contribution in [3.8, 4) is 5.75 Å². The van der Waals surface area contributed by atoms with E-state index in [1.165, 1.54) is 12.1 Å². The van der Waals surface area contributed by atoms with Crippen molar-refractivity contribution >= 4 is 21.8 Å². The first-order valence-electron chi connectivity index (χ1n) is 8.98. The van der Waals surface area contributed by atoms with E-state index in [2.05, 4.69) is 5.32 Å². The number of amides is 2. The number of hydrogen-bond acceptors (Lipinski definition) is 5. The van der Waals surface area contributed by atoms with Crippen LogP contribution in [-0.2, 0) is 14.8 Å². The second-order valence-electron chi connectivity index (χ2n) is 6.43. The predicted octanol–water partition coefficient (Wildman–Crippen LogP) is 2.50. The Bertz CT molecular complexity index is 986. The lowest BCUT2D eigenvalue weighted by Gasteiger charge is -2.19. The number of benzene rings is 2. The molecule has 0 spiro atoms.